The van der Waals surface area contributed by atoms with Gasteiger partial charge >= 0.3 is 5.82 Å². The predicted molar refractivity (Wildman–Crippen MR) is 81.0 cm³/mol. The standard InChI is InChI=1S/C14H12N6O3/c21-14(12-8-13(18-17-12)20(22)23)16-11-4-1-3-10(7-11)9-19-6-2-5-15-19/h1-8H,9H2,(H,16,21)(H,17,18). The number of benzene rings is 1. The minimum atomic E-state index is -0.644. The van der Waals surface area contributed by atoms with Crippen LogP contribution in [0.4, 0.5) is 11.5 Å². The van der Waals surface area contributed by atoms with Crippen LogP contribution < -0.4 is 5.32 Å². The van der Waals surface area contributed by atoms with E-state index in [1.165, 1.54) is 0 Å². The minimum absolute atomic E-state index is 0.0471. The van der Waals surface area contributed by atoms with Gasteiger partial charge in [0.2, 0.25) is 0 Å². The number of anilines is 1. The summed E-state index contributed by atoms with van der Waals surface area (Å²) in [7, 11) is 0. The second-order valence-electron chi connectivity index (χ2n) is 4.75. The molecule has 2 aromatic heterocycles. The van der Waals surface area contributed by atoms with Gasteiger partial charge in [-0.1, -0.05) is 17.2 Å². The molecule has 0 spiro atoms. The molecule has 0 aliphatic rings. The van der Waals surface area contributed by atoms with Crippen molar-refractivity contribution >= 4 is 17.4 Å². The van der Waals surface area contributed by atoms with Crippen LogP contribution in [0.2, 0.25) is 0 Å². The van der Waals surface area contributed by atoms with E-state index >= 15 is 0 Å². The summed E-state index contributed by atoms with van der Waals surface area (Å²) in [6.07, 6.45) is 3.53. The van der Waals surface area contributed by atoms with Crippen LogP contribution in [-0.2, 0) is 6.54 Å². The van der Waals surface area contributed by atoms with Gasteiger partial charge in [-0.25, -0.2) is 0 Å². The van der Waals surface area contributed by atoms with Crippen molar-refractivity contribution in [3.63, 3.8) is 0 Å². The zero-order valence-corrected chi connectivity index (χ0v) is 11.8. The van der Waals surface area contributed by atoms with Crippen molar-refractivity contribution in [2.45, 2.75) is 6.54 Å². The number of nitrogens with zero attached hydrogens (tertiary/aromatic N) is 4. The highest BCUT2D eigenvalue weighted by Gasteiger charge is 2.16. The van der Waals surface area contributed by atoms with Crippen LogP contribution in [0.1, 0.15) is 16.1 Å². The van der Waals surface area contributed by atoms with E-state index in [9.17, 15) is 14.9 Å². The van der Waals surface area contributed by atoms with Crippen molar-refractivity contribution in [1.29, 1.82) is 0 Å². The summed E-state index contributed by atoms with van der Waals surface area (Å²) in [6.45, 7) is 0.574. The van der Waals surface area contributed by atoms with Crippen LogP contribution in [0.15, 0.2) is 48.8 Å². The molecule has 2 N–H and O–H groups in total. The van der Waals surface area contributed by atoms with E-state index in [0.717, 1.165) is 11.6 Å². The maximum atomic E-state index is 12.0. The van der Waals surface area contributed by atoms with Crippen LogP contribution in [0.3, 0.4) is 0 Å². The number of nitro groups is 1. The SMILES string of the molecule is O=C(Nc1cccc(Cn2cccn2)c1)c1cc([N+](=O)[O-])[nH]n1. The molecule has 0 fully saturated rings. The molecule has 1 amide bonds. The molecule has 0 atom stereocenters. The Morgan fingerprint density at radius 2 is 2.22 bits per heavy atom. The predicted octanol–water partition coefficient (Wildman–Crippen LogP) is 1.81. The fourth-order valence-corrected chi connectivity index (χ4v) is 2.05. The topological polar surface area (TPSA) is 119 Å². The fraction of sp³-hybridized carbons (Fsp3) is 0.0714. The average molecular weight is 312 g/mol. The van der Waals surface area contributed by atoms with Gasteiger partial charge in [0.05, 0.1) is 12.6 Å². The lowest BCUT2D eigenvalue weighted by Crippen LogP contribution is -2.12. The first-order chi connectivity index (χ1) is 11.1. The normalized spacial score (nSPS) is 10.4. The molecule has 0 saturated carbocycles. The lowest BCUT2D eigenvalue weighted by Gasteiger charge is -2.06. The maximum absolute atomic E-state index is 12.0. The van der Waals surface area contributed by atoms with Gasteiger partial charge in [-0.15, -0.1) is 5.10 Å². The summed E-state index contributed by atoms with van der Waals surface area (Å²) in [5, 5.41) is 23.2. The second-order valence-corrected chi connectivity index (χ2v) is 4.75. The highest BCUT2D eigenvalue weighted by molar-refractivity contribution is 6.03. The zero-order valence-electron chi connectivity index (χ0n) is 11.8. The van der Waals surface area contributed by atoms with E-state index < -0.39 is 10.8 Å². The number of H-pyrrole nitrogens is 1. The monoisotopic (exact) mass is 312 g/mol. The van der Waals surface area contributed by atoms with E-state index in [1.807, 2.05) is 18.3 Å². The lowest BCUT2D eigenvalue weighted by atomic mass is 10.2. The first-order valence-corrected chi connectivity index (χ1v) is 6.69. The Labute approximate surface area is 130 Å². The molecule has 0 unspecified atom stereocenters. The van der Waals surface area contributed by atoms with Crippen molar-refractivity contribution in [3.05, 3.63) is 70.2 Å². The number of aromatic amines is 1. The molecule has 116 valence electrons. The number of amides is 1. The van der Waals surface area contributed by atoms with Crippen molar-refractivity contribution < 1.29 is 9.72 Å². The Bertz CT molecular complexity index is 840. The summed E-state index contributed by atoms with van der Waals surface area (Å²) in [5.74, 6) is -0.854. The Kier molecular flexibility index (Phi) is 3.83. The van der Waals surface area contributed by atoms with Crippen LogP contribution in [0, 0.1) is 10.1 Å². The quantitative estimate of drug-likeness (QED) is 0.550. The van der Waals surface area contributed by atoms with Crippen LogP contribution in [0.5, 0.6) is 0 Å². The Balaban J connectivity index is 1.71. The summed E-state index contributed by atoms with van der Waals surface area (Å²) in [5.41, 5.74) is 1.49. The number of hydrogen-bond donors (Lipinski definition) is 2. The number of nitrogens with one attached hydrogen (secondary N) is 2. The molecule has 3 rings (SSSR count). The zero-order chi connectivity index (χ0) is 16.2. The van der Waals surface area contributed by atoms with Crippen LogP contribution in [0.25, 0.3) is 0 Å². The number of carbonyl (C=O) groups is 1. The molecule has 9 nitrogen and oxygen atoms in total. The Hall–Kier alpha value is -3.49. The van der Waals surface area contributed by atoms with E-state index in [-0.39, 0.29) is 11.5 Å². The third-order valence-electron chi connectivity index (χ3n) is 3.08. The second kappa shape index (κ2) is 6.10. The van der Waals surface area contributed by atoms with E-state index in [2.05, 4.69) is 20.6 Å². The van der Waals surface area contributed by atoms with Gasteiger partial charge < -0.3 is 15.4 Å². The number of carbonyl (C=O) groups excluding carboxylic acids is 1. The van der Waals surface area contributed by atoms with Crippen molar-refractivity contribution in [1.82, 2.24) is 20.0 Å². The van der Waals surface area contributed by atoms with Crippen LogP contribution in [-0.4, -0.2) is 30.8 Å². The maximum Gasteiger partial charge on any atom is 0.343 e. The number of aromatic nitrogens is 4. The molecule has 0 aliphatic carbocycles. The molecule has 9 heteroatoms. The van der Waals surface area contributed by atoms with Crippen molar-refractivity contribution in [2.24, 2.45) is 0 Å². The van der Waals surface area contributed by atoms with Gasteiger partial charge in [0.1, 0.15) is 0 Å². The van der Waals surface area contributed by atoms with Gasteiger partial charge in [-0.3, -0.25) is 9.48 Å². The molecule has 0 bridgehead atoms. The van der Waals surface area contributed by atoms with Gasteiger partial charge in [-0.2, -0.15) is 5.10 Å². The van der Waals surface area contributed by atoms with Crippen LogP contribution >= 0.6 is 0 Å². The third-order valence-corrected chi connectivity index (χ3v) is 3.08. The van der Waals surface area contributed by atoms with Gasteiger partial charge in [0.15, 0.2) is 5.69 Å². The first kappa shape index (κ1) is 14.4. The molecular weight excluding hydrogens is 300 g/mol. The molecule has 0 radical (unpaired) electrons. The lowest BCUT2D eigenvalue weighted by molar-refractivity contribution is -0.389. The molecule has 3 aromatic rings. The third kappa shape index (κ3) is 3.40. The summed E-state index contributed by atoms with van der Waals surface area (Å²) >= 11 is 0. The molecular formula is C14H12N6O3. The van der Waals surface area contributed by atoms with E-state index in [0.29, 0.717) is 12.2 Å². The Morgan fingerprint density at radius 1 is 1.35 bits per heavy atom. The molecule has 0 aliphatic heterocycles. The number of hydrogen-bond acceptors (Lipinski definition) is 5. The molecule has 23 heavy (non-hydrogen) atoms. The first-order valence-electron chi connectivity index (χ1n) is 6.69. The summed E-state index contributed by atoms with van der Waals surface area (Å²) in [4.78, 5) is 22.0. The summed E-state index contributed by atoms with van der Waals surface area (Å²) < 4.78 is 1.76. The van der Waals surface area contributed by atoms with Gasteiger partial charge in [-0.05, 0) is 28.7 Å². The minimum Gasteiger partial charge on any atom is -0.358 e. The van der Waals surface area contributed by atoms with Gasteiger partial charge in [0, 0.05) is 18.1 Å². The fourth-order valence-electron chi connectivity index (χ4n) is 2.05. The Morgan fingerprint density at radius 3 is 2.91 bits per heavy atom. The highest BCUT2D eigenvalue weighted by atomic mass is 16.6. The van der Waals surface area contributed by atoms with Crippen molar-refractivity contribution in [2.75, 3.05) is 5.32 Å². The largest absolute Gasteiger partial charge is 0.358 e. The smallest absolute Gasteiger partial charge is 0.343 e. The molecule has 1 aromatic carbocycles. The summed E-state index contributed by atoms with van der Waals surface area (Å²) in [6, 6.07) is 10.2. The van der Waals surface area contributed by atoms with E-state index in [4.69, 9.17) is 0 Å². The molecule has 0 saturated heterocycles. The average Bonchev–Trinajstić information content (AvgIpc) is 3.18. The molecule has 2 heterocycles. The highest BCUT2D eigenvalue weighted by Crippen LogP contribution is 2.14. The van der Waals surface area contributed by atoms with E-state index in [1.54, 1.807) is 29.1 Å². The van der Waals surface area contributed by atoms with Crippen molar-refractivity contribution in [3.8, 4) is 0 Å². The van der Waals surface area contributed by atoms with Gasteiger partial charge in [0.25, 0.3) is 5.91 Å². The number of rotatable bonds is 5.